The van der Waals surface area contributed by atoms with Crippen molar-refractivity contribution in [3.63, 3.8) is 0 Å². The molecule has 4 aromatic carbocycles. The molecule has 0 aromatic heterocycles. The van der Waals surface area contributed by atoms with Gasteiger partial charge in [-0.05, 0) is 71.2 Å². The first-order valence-corrected chi connectivity index (χ1v) is 14.7. The molecule has 1 heteroatoms. The van der Waals surface area contributed by atoms with E-state index < -0.39 is 0 Å². The van der Waals surface area contributed by atoms with E-state index in [1.807, 2.05) is 0 Å². The number of rotatable bonds is 7. The third-order valence-electron chi connectivity index (χ3n) is 7.90. The van der Waals surface area contributed by atoms with Crippen LogP contribution in [0.4, 0.5) is 0 Å². The highest BCUT2D eigenvalue weighted by Crippen LogP contribution is 2.45. The molecule has 2 radical (unpaired) electrons. The van der Waals surface area contributed by atoms with E-state index in [4.69, 9.17) is 0 Å². The summed E-state index contributed by atoms with van der Waals surface area (Å²) in [5.74, 6) is 0.541. The van der Waals surface area contributed by atoms with E-state index in [0.717, 1.165) is 15.9 Å². The van der Waals surface area contributed by atoms with Crippen molar-refractivity contribution in [3.05, 3.63) is 129 Å². The average molecular weight is 495 g/mol. The van der Waals surface area contributed by atoms with E-state index >= 15 is 0 Å². The molecule has 2 aliphatic rings. The minimum atomic E-state index is 0.541. The van der Waals surface area contributed by atoms with Crippen molar-refractivity contribution in [2.24, 2.45) is 0 Å². The molecule has 0 N–H and O–H groups in total. The van der Waals surface area contributed by atoms with E-state index in [1.54, 1.807) is 10.4 Å². The Labute approximate surface area is 224 Å². The second kappa shape index (κ2) is 10.1. The van der Waals surface area contributed by atoms with E-state index in [9.17, 15) is 0 Å². The molecular weight excluding hydrogens is 460 g/mol. The lowest BCUT2D eigenvalue weighted by Crippen LogP contribution is -2.08. The molecule has 6 rings (SSSR count). The normalized spacial score (nSPS) is 15.8. The van der Waals surface area contributed by atoms with E-state index in [2.05, 4.69) is 118 Å². The van der Waals surface area contributed by atoms with Crippen LogP contribution >= 0.6 is 0 Å². The van der Waals surface area contributed by atoms with Gasteiger partial charge in [-0.1, -0.05) is 138 Å². The second-order valence-corrected chi connectivity index (χ2v) is 12.2. The van der Waals surface area contributed by atoms with Gasteiger partial charge in [-0.25, -0.2) is 0 Å². The fourth-order valence-electron chi connectivity index (χ4n) is 6.08. The molecule has 0 amide bonds. The lowest BCUT2D eigenvalue weighted by atomic mass is 9.91. The summed E-state index contributed by atoms with van der Waals surface area (Å²) >= 11 is 0. The number of hydrogen-bond acceptors (Lipinski definition) is 0. The van der Waals surface area contributed by atoms with Gasteiger partial charge in [-0.3, -0.25) is 0 Å². The van der Waals surface area contributed by atoms with E-state index in [1.165, 1.54) is 74.9 Å². The van der Waals surface area contributed by atoms with Gasteiger partial charge in [0.25, 0.3) is 0 Å². The second-order valence-electron chi connectivity index (χ2n) is 10.7. The highest BCUT2D eigenvalue weighted by atomic mass is 28.2. The molecule has 2 aliphatic carbocycles. The molecule has 0 aliphatic heterocycles. The van der Waals surface area contributed by atoms with Crippen molar-refractivity contribution in [2.45, 2.75) is 52.4 Å². The summed E-state index contributed by atoms with van der Waals surface area (Å²) in [5, 5.41) is 3.20. The van der Waals surface area contributed by atoms with Crippen LogP contribution in [0.2, 0.25) is 0 Å². The molecule has 0 heterocycles. The fraction of sp³-hybridized carbons (Fsp3) is 0.222. The summed E-state index contributed by atoms with van der Waals surface area (Å²) < 4.78 is 0. The Morgan fingerprint density at radius 1 is 0.730 bits per heavy atom. The first-order valence-electron chi connectivity index (χ1n) is 13.7. The summed E-state index contributed by atoms with van der Waals surface area (Å²) in [4.78, 5) is 0. The molecule has 0 saturated heterocycles. The Hall–Kier alpha value is -3.42. The van der Waals surface area contributed by atoms with Crippen molar-refractivity contribution in [1.29, 1.82) is 0 Å². The lowest BCUT2D eigenvalue weighted by molar-refractivity contribution is 0.663. The van der Waals surface area contributed by atoms with Crippen LogP contribution in [0.3, 0.4) is 0 Å². The number of unbranched alkanes of at least 4 members (excludes halogenated alkanes) is 1. The molecule has 0 fully saturated rings. The molecule has 0 spiro atoms. The molecule has 37 heavy (non-hydrogen) atoms. The Kier molecular flexibility index (Phi) is 6.57. The number of fused-ring (bicyclic) bond motifs is 2. The zero-order valence-electron chi connectivity index (χ0n) is 22.1. The third-order valence-corrected chi connectivity index (χ3v) is 9.32. The van der Waals surface area contributed by atoms with Crippen LogP contribution in [0.5, 0.6) is 0 Å². The van der Waals surface area contributed by atoms with Crippen molar-refractivity contribution in [3.8, 4) is 22.3 Å². The van der Waals surface area contributed by atoms with Crippen LogP contribution in [0.1, 0.15) is 65.5 Å². The van der Waals surface area contributed by atoms with Crippen LogP contribution in [-0.2, 0) is 6.42 Å². The van der Waals surface area contributed by atoms with Gasteiger partial charge < -0.3 is 0 Å². The monoisotopic (exact) mass is 494 g/mol. The summed E-state index contributed by atoms with van der Waals surface area (Å²) in [6, 6.07) is 31.7. The topological polar surface area (TPSA) is 0 Å². The molecule has 182 valence electrons. The highest BCUT2D eigenvalue weighted by Gasteiger charge is 2.29. The molecular formula is C36H34Si. The van der Waals surface area contributed by atoms with Gasteiger partial charge in [-0.15, -0.1) is 0 Å². The Balaban J connectivity index is 1.36. The van der Waals surface area contributed by atoms with Gasteiger partial charge in [0.05, 0.1) is 0 Å². The maximum Gasteiger partial charge on any atom is 0.111 e. The van der Waals surface area contributed by atoms with E-state index in [0.29, 0.717) is 5.92 Å². The summed E-state index contributed by atoms with van der Waals surface area (Å²) in [7, 11) is 0.749. The quantitative estimate of drug-likeness (QED) is 0.224. The molecule has 1 atom stereocenters. The molecule has 0 bridgehead atoms. The highest BCUT2D eigenvalue weighted by molar-refractivity contribution is 6.57. The van der Waals surface area contributed by atoms with Gasteiger partial charge >= 0.3 is 0 Å². The standard InChI is InChI=1S/C36H34Si/c1-4-5-15-33-32-18-9-17-31(27-13-7-11-25(3)20-27)35(32)23-36(33)37-29-21-28-14-8-16-30(34(28)22-29)26-12-6-10-24(2)19-26/h6-14,16-20,22-23,33H,4-5,15,21H2,1-3H3. The third kappa shape index (κ3) is 4.69. The van der Waals surface area contributed by atoms with Gasteiger partial charge in [0.15, 0.2) is 0 Å². The number of allylic oxidation sites excluding steroid dienone is 2. The summed E-state index contributed by atoms with van der Waals surface area (Å²) in [5.41, 5.74) is 13.9. The number of benzene rings is 4. The molecule has 0 nitrogen and oxygen atoms in total. The van der Waals surface area contributed by atoms with Gasteiger partial charge in [0.2, 0.25) is 0 Å². The number of aryl methyl sites for hydroxylation is 2. The van der Waals surface area contributed by atoms with Crippen molar-refractivity contribution in [1.82, 2.24) is 0 Å². The average Bonchev–Trinajstić information content (AvgIpc) is 3.47. The predicted octanol–water partition coefficient (Wildman–Crippen LogP) is 9.57. The minimum Gasteiger partial charge on any atom is -0.0748 e. The largest absolute Gasteiger partial charge is 0.111 e. The zero-order chi connectivity index (χ0) is 25.4. The van der Waals surface area contributed by atoms with Crippen molar-refractivity contribution in [2.75, 3.05) is 0 Å². The summed E-state index contributed by atoms with van der Waals surface area (Å²) in [6.45, 7) is 6.68. The van der Waals surface area contributed by atoms with Crippen molar-refractivity contribution < 1.29 is 0 Å². The van der Waals surface area contributed by atoms with Gasteiger partial charge in [-0.2, -0.15) is 0 Å². The molecule has 1 unspecified atom stereocenters. The van der Waals surface area contributed by atoms with Crippen LogP contribution in [0.25, 0.3) is 34.4 Å². The van der Waals surface area contributed by atoms with Gasteiger partial charge in [0, 0.05) is 5.92 Å². The number of hydrogen-bond donors (Lipinski definition) is 0. The van der Waals surface area contributed by atoms with Crippen LogP contribution in [0.15, 0.2) is 95.3 Å². The van der Waals surface area contributed by atoms with Crippen LogP contribution in [0, 0.1) is 13.8 Å². The lowest BCUT2D eigenvalue weighted by Gasteiger charge is -2.17. The molecule has 0 saturated carbocycles. The minimum absolute atomic E-state index is 0.541. The zero-order valence-corrected chi connectivity index (χ0v) is 23.1. The van der Waals surface area contributed by atoms with Crippen molar-refractivity contribution >= 4 is 21.7 Å². The smallest absolute Gasteiger partial charge is 0.0748 e. The maximum absolute atomic E-state index is 2.55. The Morgan fingerprint density at radius 2 is 1.38 bits per heavy atom. The Morgan fingerprint density at radius 3 is 2.05 bits per heavy atom. The first-order chi connectivity index (χ1) is 18.1. The fourth-order valence-corrected chi connectivity index (χ4v) is 7.63. The Bertz CT molecular complexity index is 1530. The maximum atomic E-state index is 2.55. The van der Waals surface area contributed by atoms with Gasteiger partial charge in [0.1, 0.15) is 9.52 Å². The predicted molar refractivity (Wildman–Crippen MR) is 161 cm³/mol. The van der Waals surface area contributed by atoms with E-state index in [-0.39, 0.29) is 0 Å². The first kappa shape index (κ1) is 23.9. The van der Waals surface area contributed by atoms with Crippen LogP contribution < -0.4 is 0 Å². The molecule has 4 aromatic rings. The summed E-state index contributed by atoms with van der Waals surface area (Å²) in [6.07, 6.45) is 9.90. The SMILES string of the molecule is CCCCC1C([Si]C2=Cc3c(cccc3-c3cccc(C)c3)C2)=Cc2c(-c3cccc(C)c3)cccc21. The van der Waals surface area contributed by atoms with Crippen LogP contribution in [-0.4, -0.2) is 9.52 Å².